The molecular weight excluding hydrogens is 472 g/mol. The SMILES string of the molecule is CN(C(=O)Nc1ccc2cnc(Nc3ccc(N4CCN(C(=O)O)CC4)cc3)nc2n1)C1CCCCC1. The summed E-state index contributed by atoms with van der Waals surface area (Å²) in [5, 5.41) is 16.0. The standard InChI is InChI=1S/C26H32N8O3/c1-32(20-5-3-2-4-6-20)25(35)30-22-12-7-18-17-27-24(31-23(18)29-22)28-19-8-10-21(11-9-19)33-13-15-34(16-14-33)26(36)37/h7-12,17,20H,2-6,13-16H2,1H3,(H,36,37)(H2,27,28,29,30,31,35). The molecule has 2 aromatic heterocycles. The minimum Gasteiger partial charge on any atom is -0.465 e. The molecule has 37 heavy (non-hydrogen) atoms. The molecule has 2 aliphatic rings. The minimum atomic E-state index is -0.870. The Balaban J connectivity index is 1.22. The highest BCUT2D eigenvalue weighted by molar-refractivity contribution is 5.90. The first-order valence-electron chi connectivity index (χ1n) is 12.7. The fourth-order valence-electron chi connectivity index (χ4n) is 4.91. The maximum atomic E-state index is 12.7. The average molecular weight is 505 g/mol. The van der Waals surface area contributed by atoms with Gasteiger partial charge in [0.1, 0.15) is 5.82 Å². The van der Waals surface area contributed by atoms with Crippen LogP contribution in [0.3, 0.4) is 0 Å². The third-order valence-electron chi connectivity index (χ3n) is 7.16. The highest BCUT2D eigenvalue weighted by atomic mass is 16.4. The molecule has 5 rings (SSSR count). The zero-order chi connectivity index (χ0) is 25.8. The van der Waals surface area contributed by atoms with Crippen molar-refractivity contribution in [2.45, 2.75) is 38.1 Å². The van der Waals surface area contributed by atoms with Gasteiger partial charge in [-0.3, -0.25) is 5.32 Å². The van der Waals surface area contributed by atoms with Gasteiger partial charge in [0.05, 0.1) is 0 Å². The maximum absolute atomic E-state index is 12.7. The smallest absolute Gasteiger partial charge is 0.407 e. The molecule has 194 valence electrons. The molecule has 2 fully saturated rings. The Labute approximate surface area is 215 Å². The lowest BCUT2D eigenvalue weighted by Gasteiger charge is -2.34. The molecule has 11 heteroatoms. The Bertz CT molecular complexity index is 1250. The predicted molar refractivity (Wildman–Crippen MR) is 143 cm³/mol. The number of nitrogens with zero attached hydrogens (tertiary/aromatic N) is 6. The molecular formula is C26H32N8O3. The number of carbonyl (C=O) groups excluding carboxylic acids is 1. The predicted octanol–water partition coefficient (Wildman–Crippen LogP) is 4.36. The second-order valence-corrected chi connectivity index (χ2v) is 9.56. The molecule has 0 spiro atoms. The first-order valence-corrected chi connectivity index (χ1v) is 12.7. The van der Waals surface area contributed by atoms with Crippen molar-refractivity contribution >= 4 is 46.3 Å². The number of aromatic nitrogens is 3. The van der Waals surface area contributed by atoms with E-state index in [1.807, 2.05) is 37.4 Å². The van der Waals surface area contributed by atoms with Gasteiger partial charge >= 0.3 is 12.1 Å². The van der Waals surface area contributed by atoms with Crippen molar-refractivity contribution in [3.63, 3.8) is 0 Å². The molecule has 0 bridgehead atoms. The van der Waals surface area contributed by atoms with Gasteiger partial charge in [0.25, 0.3) is 0 Å². The number of urea groups is 1. The topological polar surface area (TPSA) is 127 Å². The number of carboxylic acid groups (broad SMARTS) is 1. The number of fused-ring (bicyclic) bond motifs is 1. The Kier molecular flexibility index (Phi) is 7.20. The Morgan fingerprint density at radius 2 is 1.70 bits per heavy atom. The number of anilines is 4. The molecule has 0 unspecified atom stereocenters. The van der Waals surface area contributed by atoms with Gasteiger partial charge in [-0.25, -0.2) is 19.6 Å². The van der Waals surface area contributed by atoms with Crippen LogP contribution in [0.15, 0.2) is 42.6 Å². The van der Waals surface area contributed by atoms with Gasteiger partial charge in [-0.1, -0.05) is 19.3 Å². The third kappa shape index (κ3) is 5.82. The zero-order valence-corrected chi connectivity index (χ0v) is 20.9. The lowest BCUT2D eigenvalue weighted by Crippen LogP contribution is -2.48. The maximum Gasteiger partial charge on any atom is 0.407 e. The van der Waals surface area contributed by atoms with Crippen LogP contribution in [0.2, 0.25) is 0 Å². The lowest BCUT2D eigenvalue weighted by molar-refractivity contribution is 0.142. The van der Waals surface area contributed by atoms with Gasteiger partial charge < -0.3 is 25.1 Å². The minimum absolute atomic E-state index is 0.157. The number of nitrogens with one attached hydrogen (secondary N) is 2. The van der Waals surface area contributed by atoms with Crippen molar-refractivity contribution in [2.24, 2.45) is 0 Å². The van der Waals surface area contributed by atoms with Crippen LogP contribution in [-0.4, -0.2) is 81.3 Å². The van der Waals surface area contributed by atoms with Gasteiger partial charge in [-0.2, -0.15) is 4.98 Å². The summed E-state index contributed by atoms with van der Waals surface area (Å²) in [6.07, 6.45) is 6.48. The van der Waals surface area contributed by atoms with E-state index in [1.54, 1.807) is 17.2 Å². The van der Waals surface area contributed by atoms with E-state index < -0.39 is 6.09 Å². The van der Waals surface area contributed by atoms with E-state index in [4.69, 9.17) is 5.11 Å². The van der Waals surface area contributed by atoms with Crippen LogP contribution < -0.4 is 15.5 Å². The van der Waals surface area contributed by atoms with Gasteiger partial charge in [0.15, 0.2) is 5.65 Å². The van der Waals surface area contributed by atoms with Crippen LogP contribution >= 0.6 is 0 Å². The lowest BCUT2D eigenvalue weighted by atomic mass is 9.95. The molecule has 1 aliphatic carbocycles. The van der Waals surface area contributed by atoms with Crippen LogP contribution in [0.4, 0.5) is 32.7 Å². The van der Waals surface area contributed by atoms with Crippen molar-refractivity contribution in [2.75, 3.05) is 48.8 Å². The molecule has 1 aromatic carbocycles. The van der Waals surface area contributed by atoms with Crippen LogP contribution in [-0.2, 0) is 0 Å². The number of rotatable bonds is 5. The van der Waals surface area contributed by atoms with E-state index in [1.165, 1.54) is 11.3 Å². The summed E-state index contributed by atoms with van der Waals surface area (Å²) in [6.45, 7) is 2.31. The molecule has 3 amide bonds. The second kappa shape index (κ2) is 10.9. The largest absolute Gasteiger partial charge is 0.465 e. The van der Waals surface area contributed by atoms with Crippen molar-refractivity contribution in [1.82, 2.24) is 24.8 Å². The number of pyridine rings is 1. The molecule has 0 radical (unpaired) electrons. The normalized spacial score (nSPS) is 16.5. The highest BCUT2D eigenvalue weighted by Gasteiger charge is 2.23. The first-order chi connectivity index (χ1) is 18.0. The van der Waals surface area contributed by atoms with E-state index in [0.717, 1.165) is 42.4 Å². The van der Waals surface area contributed by atoms with Crippen LogP contribution in [0, 0.1) is 0 Å². The average Bonchev–Trinajstić information content (AvgIpc) is 2.93. The van der Waals surface area contributed by atoms with E-state index in [9.17, 15) is 9.59 Å². The highest BCUT2D eigenvalue weighted by Crippen LogP contribution is 2.24. The van der Waals surface area contributed by atoms with Crippen molar-refractivity contribution in [3.05, 3.63) is 42.6 Å². The molecule has 3 aromatic rings. The second-order valence-electron chi connectivity index (χ2n) is 9.56. The third-order valence-corrected chi connectivity index (χ3v) is 7.16. The number of amides is 3. The summed E-state index contributed by atoms with van der Waals surface area (Å²) < 4.78 is 0. The van der Waals surface area contributed by atoms with Gasteiger partial charge in [-0.15, -0.1) is 0 Å². The number of hydrogen-bond donors (Lipinski definition) is 3. The monoisotopic (exact) mass is 504 g/mol. The summed E-state index contributed by atoms with van der Waals surface area (Å²) >= 11 is 0. The Morgan fingerprint density at radius 3 is 2.41 bits per heavy atom. The Hall–Kier alpha value is -4.15. The van der Waals surface area contributed by atoms with Crippen LogP contribution in [0.25, 0.3) is 11.0 Å². The van der Waals surface area contributed by atoms with Gasteiger partial charge in [-0.05, 0) is 49.2 Å². The summed E-state index contributed by atoms with van der Waals surface area (Å²) in [6, 6.07) is 11.6. The summed E-state index contributed by atoms with van der Waals surface area (Å²) in [4.78, 5) is 42.7. The summed E-state index contributed by atoms with van der Waals surface area (Å²) in [7, 11) is 1.85. The van der Waals surface area contributed by atoms with Crippen molar-refractivity contribution in [1.29, 1.82) is 0 Å². The zero-order valence-electron chi connectivity index (χ0n) is 20.9. The summed E-state index contributed by atoms with van der Waals surface area (Å²) in [5.41, 5.74) is 2.35. The van der Waals surface area contributed by atoms with Crippen molar-refractivity contribution < 1.29 is 14.7 Å². The fourth-order valence-corrected chi connectivity index (χ4v) is 4.91. The van der Waals surface area contributed by atoms with Crippen LogP contribution in [0.1, 0.15) is 32.1 Å². The number of hydrogen-bond acceptors (Lipinski definition) is 7. The fraction of sp³-hybridized carbons (Fsp3) is 0.423. The Morgan fingerprint density at radius 1 is 0.973 bits per heavy atom. The van der Waals surface area contributed by atoms with E-state index in [0.29, 0.717) is 43.6 Å². The molecule has 1 aliphatic heterocycles. The molecule has 11 nitrogen and oxygen atoms in total. The number of benzene rings is 1. The van der Waals surface area contributed by atoms with E-state index in [-0.39, 0.29) is 12.1 Å². The van der Waals surface area contributed by atoms with E-state index in [2.05, 4.69) is 30.5 Å². The quantitative estimate of drug-likeness (QED) is 0.468. The molecule has 3 heterocycles. The molecule has 3 N–H and O–H groups in total. The first kappa shape index (κ1) is 24.5. The van der Waals surface area contributed by atoms with E-state index >= 15 is 0 Å². The van der Waals surface area contributed by atoms with Crippen molar-refractivity contribution in [3.8, 4) is 0 Å². The summed E-state index contributed by atoms with van der Waals surface area (Å²) in [5.74, 6) is 0.864. The van der Waals surface area contributed by atoms with Gasteiger partial charge in [0.2, 0.25) is 5.95 Å². The van der Waals surface area contributed by atoms with Gasteiger partial charge in [0, 0.05) is 62.2 Å². The molecule has 1 saturated carbocycles. The molecule has 0 atom stereocenters. The molecule has 1 saturated heterocycles. The number of piperazine rings is 1. The number of carbonyl (C=O) groups is 2. The van der Waals surface area contributed by atoms with Crippen LogP contribution in [0.5, 0.6) is 0 Å².